The summed E-state index contributed by atoms with van der Waals surface area (Å²) >= 11 is 3.00. The van der Waals surface area contributed by atoms with Gasteiger partial charge in [-0.3, -0.25) is 0 Å². The first kappa shape index (κ1) is 15.1. The lowest BCUT2D eigenvalue weighted by Crippen LogP contribution is -2.23. The van der Waals surface area contributed by atoms with Crippen molar-refractivity contribution in [2.75, 3.05) is 6.54 Å². The van der Waals surface area contributed by atoms with Gasteiger partial charge >= 0.3 is 0 Å². The van der Waals surface area contributed by atoms with E-state index in [-0.39, 0.29) is 10.5 Å². The molecule has 0 amide bonds. The van der Waals surface area contributed by atoms with Gasteiger partial charge in [-0.15, -0.1) is 0 Å². The smallest absolute Gasteiger partial charge is 0.137 e. The molecule has 2 rings (SSSR count). The van der Waals surface area contributed by atoms with E-state index in [1.54, 1.807) is 0 Å². The molecule has 0 aliphatic carbocycles. The van der Waals surface area contributed by atoms with Gasteiger partial charge in [0.15, 0.2) is 0 Å². The van der Waals surface area contributed by atoms with Crippen LogP contribution in [0.4, 0.5) is 8.78 Å². The highest BCUT2D eigenvalue weighted by molar-refractivity contribution is 9.10. The lowest BCUT2D eigenvalue weighted by Gasteiger charge is -2.20. The Kier molecular flexibility index (Phi) is 4.89. The van der Waals surface area contributed by atoms with Crippen molar-refractivity contribution in [3.63, 3.8) is 0 Å². The first-order valence-corrected chi connectivity index (χ1v) is 7.26. The molecule has 0 fully saturated rings. The fourth-order valence-electron chi connectivity index (χ4n) is 2.13. The number of halogens is 3. The third kappa shape index (κ3) is 3.25. The van der Waals surface area contributed by atoms with E-state index in [1.165, 1.54) is 12.1 Å². The summed E-state index contributed by atoms with van der Waals surface area (Å²) in [4.78, 5) is 0. The normalized spacial score (nSPS) is 12.4. The molecule has 4 heteroatoms. The second-order valence-corrected chi connectivity index (χ2v) is 5.54. The van der Waals surface area contributed by atoms with E-state index in [0.29, 0.717) is 12.1 Å². The molecule has 1 N–H and O–H groups in total. The Morgan fingerprint density at radius 1 is 1.10 bits per heavy atom. The third-order valence-electron chi connectivity index (χ3n) is 3.17. The SMILES string of the molecule is CCNC(c1ccc(C)cc1)c1cc(F)c(Br)cc1F. The van der Waals surface area contributed by atoms with Crippen molar-refractivity contribution in [2.24, 2.45) is 0 Å². The Morgan fingerprint density at radius 3 is 2.35 bits per heavy atom. The molecule has 0 aromatic heterocycles. The van der Waals surface area contributed by atoms with Gasteiger partial charge in [0.05, 0.1) is 10.5 Å². The van der Waals surface area contributed by atoms with Crippen molar-refractivity contribution in [1.82, 2.24) is 5.32 Å². The lowest BCUT2D eigenvalue weighted by atomic mass is 9.97. The zero-order valence-electron chi connectivity index (χ0n) is 11.4. The maximum atomic E-state index is 14.1. The van der Waals surface area contributed by atoms with Crippen LogP contribution in [-0.4, -0.2) is 6.54 Å². The van der Waals surface area contributed by atoms with Gasteiger partial charge in [0, 0.05) is 5.56 Å². The van der Waals surface area contributed by atoms with Crippen molar-refractivity contribution in [1.29, 1.82) is 0 Å². The minimum Gasteiger partial charge on any atom is -0.306 e. The average Bonchev–Trinajstić information content (AvgIpc) is 2.42. The number of benzene rings is 2. The summed E-state index contributed by atoms with van der Waals surface area (Å²) < 4.78 is 28.0. The van der Waals surface area contributed by atoms with Crippen LogP contribution in [0.5, 0.6) is 0 Å². The van der Waals surface area contributed by atoms with E-state index in [0.717, 1.165) is 11.1 Å². The Labute approximate surface area is 126 Å². The van der Waals surface area contributed by atoms with E-state index in [1.807, 2.05) is 38.1 Å². The summed E-state index contributed by atoms with van der Waals surface area (Å²) in [6.45, 7) is 4.59. The summed E-state index contributed by atoms with van der Waals surface area (Å²) in [5.74, 6) is -0.888. The van der Waals surface area contributed by atoms with Crippen molar-refractivity contribution < 1.29 is 8.78 Å². The van der Waals surface area contributed by atoms with Crippen LogP contribution in [0.25, 0.3) is 0 Å². The van der Waals surface area contributed by atoms with Crippen LogP contribution < -0.4 is 5.32 Å². The molecule has 1 atom stereocenters. The molecular weight excluding hydrogens is 324 g/mol. The average molecular weight is 340 g/mol. The predicted molar refractivity (Wildman–Crippen MR) is 80.8 cm³/mol. The Morgan fingerprint density at radius 2 is 1.75 bits per heavy atom. The molecule has 0 bridgehead atoms. The number of aryl methyl sites for hydroxylation is 1. The van der Waals surface area contributed by atoms with E-state index >= 15 is 0 Å². The Balaban J connectivity index is 2.48. The van der Waals surface area contributed by atoms with Crippen LogP contribution in [0, 0.1) is 18.6 Å². The molecule has 0 heterocycles. The van der Waals surface area contributed by atoms with Crippen LogP contribution in [-0.2, 0) is 0 Å². The first-order valence-electron chi connectivity index (χ1n) is 6.47. The fraction of sp³-hybridized carbons (Fsp3) is 0.250. The topological polar surface area (TPSA) is 12.0 Å². The molecule has 20 heavy (non-hydrogen) atoms. The molecule has 0 saturated carbocycles. The van der Waals surface area contributed by atoms with Gasteiger partial charge in [0.25, 0.3) is 0 Å². The number of nitrogens with one attached hydrogen (secondary N) is 1. The monoisotopic (exact) mass is 339 g/mol. The molecule has 0 saturated heterocycles. The quantitative estimate of drug-likeness (QED) is 0.793. The maximum absolute atomic E-state index is 14.1. The van der Waals surface area contributed by atoms with Crippen LogP contribution >= 0.6 is 15.9 Å². The summed E-state index contributed by atoms with van der Waals surface area (Å²) in [7, 11) is 0. The van der Waals surface area contributed by atoms with E-state index in [2.05, 4.69) is 21.2 Å². The van der Waals surface area contributed by atoms with Crippen LogP contribution in [0.3, 0.4) is 0 Å². The van der Waals surface area contributed by atoms with Crippen molar-refractivity contribution in [3.05, 3.63) is 69.2 Å². The molecule has 0 radical (unpaired) electrons. The standard InChI is InChI=1S/C16H16BrF2N/c1-3-20-16(11-6-4-10(2)5-7-11)12-8-15(19)13(17)9-14(12)18/h4-9,16,20H,3H2,1-2H3. The van der Waals surface area contributed by atoms with Crippen molar-refractivity contribution in [3.8, 4) is 0 Å². The molecule has 1 nitrogen and oxygen atoms in total. The Bertz CT molecular complexity index is 596. The second-order valence-electron chi connectivity index (χ2n) is 4.69. The highest BCUT2D eigenvalue weighted by Gasteiger charge is 2.19. The summed E-state index contributed by atoms with van der Waals surface area (Å²) in [5.41, 5.74) is 2.36. The summed E-state index contributed by atoms with van der Waals surface area (Å²) in [6.07, 6.45) is 0. The summed E-state index contributed by atoms with van der Waals surface area (Å²) in [6, 6.07) is 9.85. The van der Waals surface area contributed by atoms with Crippen LogP contribution in [0.1, 0.15) is 29.7 Å². The van der Waals surface area contributed by atoms with Gasteiger partial charge in [0.2, 0.25) is 0 Å². The van der Waals surface area contributed by atoms with Gasteiger partial charge < -0.3 is 5.32 Å². The van der Waals surface area contributed by atoms with Crippen molar-refractivity contribution >= 4 is 15.9 Å². The Hall–Kier alpha value is -1.26. The zero-order chi connectivity index (χ0) is 14.7. The first-order chi connectivity index (χ1) is 9.52. The number of rotatable bonds is 4. The maximum Gasteiger partial charge on any atom is 0.137 e. The van der Waals surface area contributed by atoms with Gasteiger partial charge in [-0.2, -0.15) is 0 Å². The molecule has 2 aromatic rings. The van der Waals surface area contributed by atoms with E-state index < -0.39 is 11.6 Å². The molecule has 106 valence electrons. The lowest BCUT2D eigenvalue weighted by molar-refractivity contribution is 0.542. The predicted octanol–water partition coefficient (Wildman–Crippen LogP) is 4.73. The van der Waals surface area contributed by atoms with E-state index in [4.69, 9.17) is 0 Å². The van der Waals surface area contributed by atoms with E-state index in [9.17, 15) is 8.78 Å². The molecular formula is C16H16BrF2N. The van der Waals surface area contributed by atoms with Gasteiger partial charge in [-0.25, -0.2) is 8.78 Å². The molecule has 0 aliphatic rings. The molecule has 1 unspecified atom stereocenters. The number of hydrogen-bond donors (Lipinski definition) is 1. The molecule has 0 aliphatic heterocycles. The third-order valence-corrected chi connectivity index (χ3v) is 3.78. The summed E-state index contributed by atoms with van der Waals surface area (Å²) in [5, 5.41) is 3.20. The van der Waals surface area contributed by atoms with Crippen LogP contribution in [0.2, 0.25) is 0 Å². The fourth-order valence-corrected chi connectivity index (χ4v) is 2.45. The van der Waals surface area contributed by atoms with Crippen LogP contribution in [0.15, 0.2) is 40.9 Å². The largest absolute Gasteiger partial charge is 0.306 e. The second kappa shape index (κ2) is 6.46. The minimum absolute atomic E-state index is 0.137. The van der Waals surface area contributed by atoms with Gasteiger partial charge in [-0.05, 0) is 47.1 Å². The van der Waals surface area contributed by atoms with Crippen molar-refractivity contribution in [2.45, 2.75) is 19.9 Å². The molecule has 2 aromatic carbocycles. The van der Waals surface area contributed by atoms with Gasteiger partial charge in [0.1, 0.15) is 11.6 Å². The van der Waals surface area contributed by atoms with Gasteiger partial charge in [-0.1, -0.05) is 36.8 Å². The zero-order valence-corrected chi connectivity index (χ0v) is 13.0. The molecule has 0 spiro atoms. The highest BCUT2D eigenvalue weighted by atomic mass is 79.9. The number of hydrogen-bond acceptors (Lipinski definition) is 1. The highest BCUT2D eigenvalue weighted by Crippen LogP contribution is 2.28. The minimum atomic E-state index is -0.462.